The standard InChI is InChI=1S/C25H18F6N2O3/c26-24(27,28)18-8-17(9-19(11-18)25(29,30)31)20-4-3-14(10-21(20)23(35)36)22(34)33-7-5-16(13-33)15-2-1-6-32-12-15/h1-4,6,8-12,16H,5,7,13H2,(H,35,36). The highest BCUT2D eigenvalue weighted by Crippen LogP contribution is 2.39. The maximum atomic E-state index is 13.3. The predicted octanol–water partition coefficient (Wildman–Crippen LogP) is 6.11. The van der Waals surface area contributed by atoms with Crippen molar-refractivity contribution in [1.82, 2.24) is 9.88 Å². The van der Waals surface area contributed by atoms with Gasteiger partial charge in [-0.2, -0.15) is 26.3 Å². The van der Waals surface area contributed by atoms with Crippen molar-refractivity contribution in [3.8, 4) is 11.1 Å². The minimum atomic E-state index is -5.09. The number of alkyl halides is 6. The third-order valence-electron chi connectivity index (χ3n) is 6.03. The summed E-state index contributed by atoms with van der Waals surface area (Å²) in [7, 11) is 0. The molecule has 4 rings (SSSR count). The van der Waals surface area contributed by atoms with Gasteiger partial charge in [-0.3, -0.25) is 9.78 Å². The van der Waals surface area contributed by atoms with E-state index in [1.807, 2.05) is 6.07 Å². The van der Waals surface area contributed by atoms with Crippen molar-refractivity contribution in [2.75, 3.05) is 13.1 Å². The van der Waals surface area contributed by atoms with Crippen LogP contribution in [0.15, 0.2) is 60.9 Å². The highest BCUT2D eigenvalue weighted by Gasteiger charge is 2.37. The Bertz CT molecular complexity index is 1270. The molecule has 3 aromatic rings. The third kappa shape index (κ3) is 5.19. The highest BCUT2D eigenvalue weighted by atomic mass is 19.4. The number of aromatic nitrogens is 1. The van der Waals surface area contributed by atoms with Crippen molar-refractivity contribution in [3.63, 3.8) is 0 Å². The number of carbonyl (C=O) groups excluding carboxylic acids is 1. The lowest BCUT2D eigenvalue weighted by molar-refractivity contribution is -0.143. The molecule has 1 N–H and O–H groups in total. The zero-order valence-electron chi connectivity index (χ0n) is 18.4. The maximum absolute atomic E-state index is 13.3. The van der Waals surface area contributed by atoms with E-state index in [0.29, 0.717) is 31.6 Å². The van der Waals surface area contributed by atoms with Crippen molar-refractivity contribution >= 4 is 11.9 Å². The normalized spacial score (nSPS) is 16.3. The van der Waals surface area contributed by atoms with Gasteiger partial charge in [-0.05, 0) is 59.5 Å². The fourth-order valence-corrected chi connectivity index (χ4v) is 4.23. The monoisotopic (exact) mass is 508 g/mol. The SMILES string of the molecule is O=C(O)c1cc(C(=O)N2CCC(c3cccnc3)C2)ccc1-c1cc(C(F)(F)F)cc(C(F)(F)F)c1. The molecule has 1 saturated heterocycles. The zero-order valence-corrected chi connectivity index (χ0v) is 18.4. The van der Waals surface area contributed by atoms with Gasteiger partial charge in [0.25, 0.3) is 5.91 Å². The minimum absolute atomic E-state index is 0.0338. The number of carboxylic acids is 1. The Morgan fingerprint density at radius 2 is 1.61 bits per heavy atom. The van der Waals surface area contributed by atoms with Crippen LogP contribution in [-0.2, 0) is 12.4 Å². The molecule has 1 atom stereocenters. The average molecular weight is 508 g/mol. The molecule has 11 heteroatoms. The number of likely N-dealkylation sites (tertiary alicyclic amines) is 1. The first kappa shape index (κ1) is 25.2. The van der Waals surface area contributed by atoms with Gasteiger partial charge >= 0.3 is 18.3 Å². The number of rotatable bonds is 4. The van der Waals surface area contributed by atoms with Gasteiger partial charge in [0.2, 0.25) is 0 Å². The van der Waals surface area contributed by atoms with E-state index in [4.69, 9.17) is 0 Å². The highest BCUT2D eigenvalue weighted by molar-refractivity contribution is 6.01. The predicted molar refractivity (Wildman–Crippen MR) is 116 cm³/mol. The maximum Gasteiger partial charge on any atom is 0.416 e. The van der Waals surface area contributed by atoms with E-state index in [1.165, 1.54) is 11.0 Å². The number of amides is 1. The van der Waals surface area contributed by atoms with Gasteiger partial charge in [0.1, 0.15) is 0 Å². The lowest BCUT2D eigenvalue weighted by Crippen LogP contribution is -2.28. The number of halogens is 6. The molecule has 2 heterocycles. The Hall–Kier alpha value is -3.89. The van der Waals surface area contributed by atoms with Crippen molar-refractivity contribution in [3.05, 3.63) is 88.7 Å². The molecule has 0 radical (unpaired) electrons. The second-order valence-corrected chi connectivity index (χ2v) is 8.38. The molecule has 1 aromatic heterocycles. The molecule has 0 bridgehead atoms. The summed E-state index contributed by atoms with van der Waals surface area (Å²) in [6, 6.07) is 7.77. The smallest absolute Gasteiger partial charge is 0.416 e. The molecule has 2 aromatic carbocycles. The lowest BCUT2D eigenvalue weighted by atomic mass is 9.94. The molecule has 0 spiro atoms. The Labute approximate surface area is 201 Å². The van der Waals surface area contributed by atoms with Crippen LogP contribution >= 0.6 is 0 Å². The van der Waals surface area contributed by atoms with Crippen LogP contribution in [-0.4, -0.2) is 40.0 Å². The molecule has 188 valence electrons. The second-order valence-electron chi connectivity index (χ2n) is 8.38. The molecule has 1 unspecified atom stereocenters. The van der Waals surface area contributed by atoms with E-state index in [-0.39, 0.29) is 23.1 Å². The fourth-order valence-electron chi connectivity index (χ4n) is 4.23. The first-order valence-electron chi connectivity index (χ1n) is 10.7. The van der Waals surface area contributed by atoms with E-state index in [9.17, 15) is 41.0 Å². The quantitative estimate of drug-likeness (QED) is 0.432. The number of benzene rings is 2. The molecule has 1 aliphatic rings. The zero-order chi connectivity index (χ0) is 26.3. The van der Waals surface area contributed by atoms with Crippen LogP contribution in [0.3, 0.4) is 0 Å². The van der Waals surface area contributed by atoms with E-state index >= 15 is 0 Å². The second kappa shape index (κ2) is 9.29. The molecule has 5 nitrogen and oxygen atoms in total. The van der Waals surface area contributed by atoms with Crippen LogP contribution in [0, 0.1) is 0 Å². The third-order valence-corrected chi connectivity index (χ3v) is 6.03. The Balaban J connectivity index is 1.69. The summed E-state index contributed by atoms with van der Waals surface area (Å²) in [4.78, 5) is 30.5. The van der Waals surface area contributed by atoms with E-state index in [2.05, 4.69) is 4.98 Å². The van der Waals surface area contributed by atoms with Crippen LogP contribution in [0.25, 0.3) is 11.1 Å². The summed E-state index contributed by atoms with van der Waals surface area (Å²) in [6.45, 7) is 0.752. The van der Waals surface area contributed by atoms with E-state index in [0.717, 1.165) is 17.7 Å². The molecule has 1 fully saturated rings. The number of nitrogens with zero attached hydrogens (tertiary/aromatic N) is 2. The average Bonchev–Trinajstić information content (AvgIpc) is 3.33. The fraction of sp³-hybridized carbons (Fsp3) is 0.240. The van der Waals surface area contributed by atoms with Crippen molar-refractivity contribution in [2.24, 2.45) is 0 Å². The Kier molecular flexibility index (Phi) is 6.50. The van der Waals surface area contributed by atoms with Crippen molar-refractivity contribution in [1.29, 1.82) is 0 Å². The lowest BCUT2D eigenvalue weighted by Gasteiger charge is -2.18. The van der Waals surface area contributed by atoms with Crippen LogP contribution in [0.5, 0.6) is 0 Å². The summed E-state index contributed by atoms with van der Waals surface area (Å²) >= 11 is 0. The first-order valence-corrected chi connectivity index (χ1v) is 10.7. The summed E-state index contributed by atoms with van der Waals surface area (Å²) in [5.41, 5.74) is -3.76. The van der Waals surface area contributed by atoms with Gasteiger partial charge in [0, 0.05) is 37.0 Å². The van der Waals surface area contributed by atoms with Gasteiger partial charge in [-0.1, -0.05) is 12.1 Å². The Morgan fingerprint density at radius 3 is 2.17 bits per heavy atom. The molecular formula is C25H18F6N2O3. The van der Waals surface area contributed by atoms with Gasteiger partial charge in [-0.15, -0.1) is 0 Å². The number of hydrogen-bond donors (Lipinski definition) is 1. The van der Waals surface area contributed by atoms with Gasteiger partial charge in [0.15, 0.2) is 0 Å². The van der Waals surface area contributed by atoms with Gasteiger partial charge in [0.05, 0.1) is 16.7 Å². The van der Waals surface area contributed by atoms with E-state index in [1.54, 1.807) is 18.5 Å². The first-order chi connectivity index (χ1) is 16.8. The van der Waals surface area contributed by atoms with Crippen LogP contribution in [0.1, 0.15) is 49.7 Å². The van der Waals surface area contributed by atoms with Crippen LogP contribution < -0.4 is 0 Å². The largest absolute Gasteiger partial charge is 0.478 e. The van der Waals surface area contributed by atoms with Gasteiger partial charge < -0.3 is 10.0 Å². The summed E-state index contributed by atoms with van der Waals surface area (Å²) in [5.74, 6) is -2.05. The molecule has 36 heavy (non-hydrogen) atoms. The minimum Gasteiger partial charge on any atom is -0.478 e. The summed E-state index contributed by atoms with van der Waals surface area (Å²) in [6.07, 6.45) is -6.20. The topological polar surface area (TPSA) is 70.5 Å². The molecular weight excluding hydrogens is 490 g/mol. The van der Waals surface area contributed by atoms with Gasteiger partial charge in [-0.25, -0.2) is 4.79 Å². The molecule has 1 amide bonds. The molecule has 0 aliphatic carbocycles. The van der Waals surface area contributed by atoms with E-state index < -0.39 is 46.5 Å². The number of hydrogen-bond acceptors (Lipinski definition) is 3. The molecule has 0 saturated carbocycles. The Morgan fingerprint density at radius 1 is 0.944 bits per heavy atom. The molecule has 1 aliphatic heterocycles. The summed E-state index contributed by atoms with van der Waals surface area (Å²) < 4.78 is 79.6. The number of carbonyl (C=O) groups is 2. The number of carboxylic acid groups (broad SMARTS) is 1. The van der Waals surface area contributed by atoms with Crippen LogP contribution in [0.4, 0.5) is 26.3 Å². The van der Waals surface area contributed by atoms with Crippen molar-refractivity contribution < 1.29 is 41.0 Å². The summed E-state index contributed by atoms with van der Waals surface area (Å²) in [5, 5.41) is 9.67. The van der Waals surface area contributed by atoms with Crippen molar-refractivity contribution in [2.45, 2.75) is 24.7 Å². The van der Waals surface area contributed by atoms with Crippen LogP contribution in [0.2, 0.25) is 0 Å². The number of pyridine rings is 1. The number of aromatic carboxylic acids is 1.